The highest BCUT2D eigenvalue weighted by Crippen LogP contribution is 2.24. The van der Waals surface area contributed by atoms with Crippen LogP contribution in [0.3, 0.4) is 0 Å². The van der Waals surface area contributed by atoms with Crippen LogP contribution in [-0.4, -0.2) is 18.6 Å². The number of hydrogen-bond acceptors (Lipinski definition) is 2. The Hall–Kier alpha value is -1.95. The second-order valence-electron chi connectivity index (χ2n) is 5.46. The minimum absolute atomic E-state index is 0.105. The van der Waals surface area contributed by atoms with E-state index in [1.165, 1.54) is 5.56 Å². The monoisotopic (exact) mass is 259 g/mol. The molecule has 3 nitrogen and oxygen atoms in total. The molecule has 1 amide bonds. The smallest absolute Gasteiger partial charge is 0.261 e. The van der Waals surface area contributed by atoms with Crippen LogP contribution >= 0.6 is 0 Å². The zero-order chi connectivity index (χ0) is 14.5. The Morgan fingerprint density at radius 1 is 1.37 bits per heavy atom. The maximum Gasteiger partial charge on any atom is 0.261 e. The second kappa shape index (κ2) is 6.29. The predicted octanol–water partition coefficient (Wildman–Crippen LogP) is 2.50. The summed E-state index contributed by atoms with van der Waals surface area (Å²) in [5, 5.41) is 2.59. The van der Waals surface area contributed by atoms with Gasteiger partial charge in [-0.2, -0.15) is 0 Å². The number of benzene rings is 1. The largest absolute Gasteiger partial charge is 0.481 e. The molecule has 0 radical (unpaired) electrons. The molecule has 0 saturated heterocycles. The molecule has 0 saturated carbocycles. The summed E-state index contributed by atoms with van der Waals surface area (Å²) >= 11 is 0. The SMILES string of the molecule is C#CCNC(=O)C(C)Oc1ccc(C(C)(C)C)cc1. The van der Waals surface area contributed by atoms with Crippen molar-refractivity contribution in [3.63, 3.8) is 0 Å². The summed E-state index contributed by atoms with van der Waals surface area (Å²) in [6.07, 6.45) is 4.52. The van der Waals surface area contributed by atoms with Crippen molar-refractivity contribution in [1.29, 1.82) is 0 Å². The molecule has 1 aromatic rings. The fraction of sp³-hybridized carbons (Fsp3) is 0.438. The van der Waals surface area contributed by atoms with Crippen molar-refractivity contribution < 1.29 is 9.53 Å². The fourth-order valence-corrected chi connectivity index (χ4v) is 1.57. The molecule has 0 fully saturated rings. The molecule has 0 heterocycles. The molecular formula is C16H21NO2. The molecule has 0 aliphatic carbocycles. The van der Waals surface area contributed by atoms with Crippen molar-refractivity contribution >= 4 is 5.91 Å². The predicted molar refractivity (Wildman–Crippen MR) is 77.1 cm³/mol. The molecule has 0 spiro atoms. The minimum Gasteiger partial charge on any atom is -0.481 e. The van der Waals surface area contributed by atoms with E-state index < -0.39 is 6.10 Å². The van der Waals surface area contributed by atoms with Crippen molar-refractivity contribution in [3.8, 4) is 18.1 Å². The van der Waals surface area contributed by atoms with E-state index in [9.17, 15) is 4.79 Å². The van der Waals surface area contributed by atoms with Crippen molar-refractivity contribution in [2.24, 2.45) is 0 Å². The van der Waals surface area contributed by atoms with E-state index in [1.807, 2.05) is 24.3 Å². The summed E-state index contributed by atoms with van der Waals surface area (Å²) in [6, 6.07) is 7.79. The third kappa shape index (κ3) is 4.67. The highest BCUT2D eigenvalue weighted by Gasteiger charge is 2.15. The molecule has 0 bridgehead atoms. The lowest BCUT2D eigenvalue weighted by molar-refractivity contribution is -0.126. The first kappa shape index (κ1) is 15.1. The van der Waals surface area contributed by atoms with Gasteiger partial charge in [0, 0.05) is 0 Å². The zero-order valence-electron chi connectivity index (χ0n) is 12.0. The standard InChI is InChI=1S/C16H21NO2/c1-6-11-17-15(18)12(2)19-14-9-7-13(8-10-14)16(3,4)5/h1,7-10,12H,11H2,2-5H3,(H,17,18). The third-order valence-corrected chi connectivity index (χ3v) is 2.77. The fourth-order valence-electron chi connectivity index (χ4n) is 1.57. The van der Waals surface area contributed by atoms with E-state index in [0.29, 0.717) is 5.75 Å². The summed E-state index contributed by atoms with van der Waals surface area (Å²) in [5.74, 6) is 2.82. The van der Waals surface area contributed by atoms with Gasteiger partial charge in [0.05, 0.1) is 6.54 Å². The number of terminal acetylenes is 1. The van der Waals surface area contributed by atoms with Gasteiger partial charge in [-0.15, -0.1) is 6.42 Å². The number of ether oxygens (including phenoxy) is 1. The molecule has 0 aromatic heterocycles. The lowest BCUT2D eigenvalue weighted by atomic mass is 9.87. The first-order valence-electron chi connectivity index (χ1n) is 6.33. The lowest BCUT2D eigenvalue weighted by Crippen LogP contribution is -2.36. The highest BCUT2D eigenvalue weighted by molar-refractivity contribution is 5.80. The van der Waals surface area contributed by atoms with Gasteiger partial charge in [-0.3, -0.25) is 4.79 Å². The first-order valence-corrected chi connectivity index (χ1v) is 6.33. The Morgan fingerprint density at radius 3 is 2.42 bits per heavy atom. The van der Waals surface area contributed by atoms with E-state index in [0.717, 1.165) is 0 Å². The molecule has 1 unspecified atom stereocenters. The number of amides is 1. The number of carbonyl (C=O) groups excluding carboxylic acids is 1. The van der Waals surface area contributed by atoms with Crippen LogP contribution in [0, 0.1) is 12.3 Å². The van der Waals surface area contributed by atoms with Gasteiger partial charge >= 0.3 is 0 Å². The summed E-state index contributed by atoms with van der Waals surface area (Å²) in [6.45, 7) is 8.37. The quantitative estimate of drug-likeness (QED) is 0.844. The molecule has 1 aromatic carbocycles. The Kier molecular flexibility index (Phi) is 5.00. The summed E-state index contributed by atoms with van der Waals surface area (Å²) < 4.78 is 5.56. The molecule has 1 rings (SSSR count). The minimum atomic E-state index is -0.561. The molecule has 19 heavy (non-hydrogen) atoms. The average molecular weight is 259 g/mol. The van der Waals surface area contributed by atoms with Crippen LogP contribution in [0.4, 0.5) is 0 Å². The Morgan fingerprint density at radius 2 is 1.95 bits per heavy atom. The van der Waals surface area contributed by atoms with Crippen molar-refractivity contribution in [2.75, 3.05) is 6.54 Å². The van der Waals surface area contributed by atoms with E-state index >= 15 is 0 Å². The average Bonchev–Trinajstić information content (AvgIpc) is 2.35. The molecule has 1 atom stereocenters. The summed E-state index contributed by atoms with van der Waals surface area (Å²) in [4.78, 5) is 11.6. The summed E-state index contributed by atoms with van der Waals surface area (Å²) in [7, 11) is 0. The molecule has 0 aliphatic rings. The van der Waals surface area contributed by atoms with Crippen molar-refractivity contribution in [1.82, 2.24) is 5.32 Å². The van der Waals surface area contributed by atoms with E-state index in [2.05, 4.69) is 32.0 Å². The molecular weight excluding hydrogens is 238 g/mol. The van der Waals surface area contributed by atoms with Gasteiger partial charge in [0.2, 0.25) is 0 Å². The van der Waals surface area contributed by atoms with Crippen LogP contribution in [0.1, 0.15) is 33.3 Å². The number of rotatable bonds is 4. The Balaban J connectivity index is 2.63. The van der Waals surface area contributed by atoms with Gasteiger partial charge in [0.25, 0.3) is 5.91 Å². The van der Waals surface area contributed by atoms with Crippen LogP contribution in [-0.2, 0) is 10.2 Å². The van der Waals surface area contributed by atoms with Crippen LogP contribution in [0.15, 0.2) is 24.3 Å². The van der Waals surface area contributed by atoms with Crippen LogP contribution < -0.4 is 10.1 Å². The van der Waals surface area contributed by atoms with E-state index in [1.54, 1.807) is 6.92 Å². The van der Waals surface area contributed by atoms with Crippen molar-refractivity contribution in [3.05, 3.63) is 29.8 Å². The maximum atomic E-state index is 11.6. The van der Waals surface area contributed by atoms with E-state index in [-0.39, 0.29) is 17.9 Å². The first-order chi connectivity index (χ1) is 8.84. The number of nitrogens with one attached hydrogen (secondary N) is 1. The maximum absolute atomic E-state index is 11.6. The molecule has 102 valence electrons. The summed E-state index contributed by atoms with van der Waals surface area (Å²) in [5.41, 5.74) is 1.33. The third-order valence-electron chi connectivity index (χ3n) is 2.77. The number of hydrogen-bond donors (Lipinski definition) is 1. The van der Waals surface area contributed by atoms with Crippen LogP contribution in [0.5, 0.6) is 5.75 Å². The topological polar surface area (TPSA) is 38.3 Å². The van der Waals surface area contributed by atoms with Gasteiger partial charge in [-0.1, -0.05) is 38.8 Å². The van der Waals surface area contributed by atoms with Gasteiger partial charge in [0.15, 0.2) is 6.10 Å². The molecule has 0 aliphatic heterocycles. The lowest BCUT2D eigenvalue weighted by Gasteiger charge is -2.20. The van der Waals surface area contributed by atoms with Crippen LogP contribution in [0.2, 0.25) is 0 Å². The zero-order valence-corrected chi connectivity index (χ0v) is 12.0. The van der Waals surface area contributed by atoms with Gasteiger partial charge < -0.3 is 10.1 Å². The van der Waals surface area contributed by atoms with E-state index in [4.69, 9.17) is 11.2 Å². The molecule has 3 heteroatoms. The van der Waals surface area contributed by atoms with Gasteiger partial charge in [0.1, 0.15) is 5.75 Å². The normalized spacial score (nSPS) is 12.4. The van der Waals surface area contributed by atoms with Gasteiger partial charge in [-0.05, 0) is 30.0 Å². The Bertz CT molecular complexity index is 463. The molecule has 1 N–H and O–H groups in total. The van der Waals surface area contributed by atoms with Gasteiger partial charge in [-0.25, -0.2) is 0 Å². The van der Waals surface area contributed by atoms with Crippen LogP contribution in [0.25, 0.3) is 0 Å². The number of carbonyl (C=O) groups is 1. The second-order valence-corrected chi connectivity index (χ2v) is 5.46. The highest BCUT2D eigenvalue weighted by atomic mass is 16.5. The Labute approximate surface area is 115 Å². The van der Waals surface area contributed by atoms with Crippen molar-refractivity contribution in [2.45, 2.75) is 39.2 Å².